The lowest BCUT2D eigenvalue weighted by Gasteiger charge is -2.05. The van der Waals surface area contributed by atoms with Crippen molar-refractivity contribution < 1.29 is 9.21 Å². The van der Waals surface area contributed by atoms with Crippen molar-refractivity contribution in [2.75, 3.05) is 6.54 Å². The van der Waals surface area contributed by atoms with Crippen molar-refractivity contribution in [1.29, 1.82) is 0 Å². The van der Waals surface area contributed by atoms with Crippen LogP contribution in [-0.4, -0.2) is 18.5 Å². The Labute approximate surface area is 103 Å². The molecular formula is C9H14BrClN2O2. The summed E-state index contributed by atoms with van der Waals surface area (Å²) in [6.07, 6.45) is 2.18. The van der Waals surface area contributed by atoms with Gasteiger partial charge < -0.3 is 15.5 Å². The van der Waals surface area contributed by atoms with Crippen LogP contribution in [0.3, 0.4) is 0 Å². The minimum atomic E-state index is -0.139. The molecule has 1 aromatic rings. The molecule has 0 saturated carbocycles. The molecule has 4 nitrogen and oxygen atoms in total. The molecule has 1 unspecified atom stereocenters. The van der Waals surface area contributed by atoms with Gasteiger partial charge in [-0.25, -0.2) is 0 Å². The zero-order valence-electron chi connectivity index (χ0n) is 8.33. The standard InChI is InChI=1S/C9H13BrN2O2.ClH/c1-6(11)2-3-12-9(13)7-4-8(10)14-5-7;/h4-6H,2-3,11H2,1H3,(H,12,13);1H. The van der Waals surface area contributed by atoms with Crippen LogP contribution >= 0.6 is 28.3 Å². The predicted octanol–water partition coefficient (Wildman–Crippen LogP) is 1.93. The number of nitrogens with two attached hydrogens (primary N) is 1. The SMILES string of the molecule is CC(N)CCNC(=O)c1coc(Br)c1.Cl. The van der Waals surface area contributed by atoms with E-state index in [2.05, 4.69) is 21.2 Å². The summed E-state index contributed by atoms with van der Waals surface area (Å²) in [5.74, 6) is -0.139. The molecule has 86 valence electrons. The molecule has 15 heavy (non-hydrogen) atoms. The number of halogens is 2. The van der Waals surface area contributed by atoms with Crippen LogP contribution in [0.25, 0.3) is 0 Å². The quantitative estimate of drug-likeness (QED) is 0.892. The zero-order chi connectivity index (χ0) is 10.6. The number of hydrogen-bond acceptors (Lipinski definition) is 3. The lowest BCUT2D eigenvalue weighted by molar-refractivity contribution is 0.0952. The van der Waals surface area contributed by atoms with Crippen LogP contribution in [0.2, 0.25) is 0 Å². The van der Waals surface area contributed by atoms with Gasteiger partial charge in [0.15, 0.2) is 4.67 Å². The van der Waals surface area contributed by atoms with Crippen molar-refractivity contribution in [2.24, 2.45) is 5.73 Å². The van der Waals surface area contributed by atoms with E-state index in [4.69, 9.17) is 10.2 Å². The van der Waals surface area contributed by atoms with Gasteiger partial charge in [0.05, 0.1) is 5.56 Å². The summed E-state index contributed by atoms with van der Waals surface area (Å²) in [7, 11) is 0. The number of nitrogens with one attached hydrogen (secondary N) is 1. The van der Waals surface area contributed by atoms with Crippen molar-refractivity contribution in [2.45, 2.75) is 19.4 Å². The first kappa shape index (κ1) is 14.5. The van der Waals surface area contributed by atoms with E-state index >= 15 is 0 Å². The fourth-order valence-corrected chi connectivity index (χ4v) is 1.28. The summed E-state index contributed by atoms with van der Waals surface area (Å²) >= 11 is 3.13. The van der Waals surface area contributed by atoms with Crippen molar-refractivity contribution in [3.05, 3.63) is 22.6 Å². The smallest absolute Gasteiger partial charge is 0.254 e. The van der Waals surface area contributed by atoms with Crippen LogP contribution in [0.15, 0.2) is 21.4 Å². The molecule has 1 amide bonds. The first-order valence-corrected chi connectivity index (χ1v) is 5.16. The molecule has 3 N–H and O–H groups in total. The van der Waals surface area contributed by atoms with Gasteiger partial charge in [-0.3, -0.25) is 4.79 Å². The van der Waals surface area contributed by atoms with Crippen molar-refractivity contribution in [1.82, 2.24) is 5.32 Å². The van der Waals surface area contributed by atoms with E-state index in [9.17, 15) is 4.79 Å². The number of amides is 1. The summed E-state index contributed by atoms with van der Waals surface area (Å²) in [6.45, 7) is 2.49. The van der Waals surface area contributed by atoms with Crippen LogP contribution in [0.4, 0.5) is 0 Å². The fraction of sp³-hybridized carbons (Fsp3) is 0.444. The highest BCUT2D eigenvalue weighted by atomic mass is 79.9. The number of hydrogen-bond donors (Lipinski definition) is 2. The summed E-state index contributed by atoms with van der Waals surface area (Å²) in [4.78, 5) is 11.4. The molecule has 0 saturated heterocycles. The molecule has 0 aliphatic rings. The Morgan fingerprint density at radius 1 is 1.73 bits per heavy atom. The van der Waals surface area contributed by atoms with E-state index in [-0.39, 0.29) is 24.4 Å². The first-order valence-electron chi connectivity index (χ1n) is 4.37. The Balaban J connectivity index is 0.00000196. The van der Waals surface area contributed by atoms with Crippen LogP contribution < -0.4 is 11.1 Å². The van der Waals surface area contributed by atoms with E-state index in [1.54, 1.807) is 6.07 Å². The summed E-state index contributed by atoms with van der Waals surface area (Å²) in [5, 5.41) is 2.74. The highest BCUT2D eigenvalue weighted by molar-refractivity contribution is 9.10. The summed E-state index contributed by atoms with van der Waals surface area (Å²) in [6, 6.07) is 1.73. The van der Waals surface area contributed by atoms with E-state index in [1.165, 1.54) is 6.26 Å². The molecule has 1 atom stereocenters. The topological polar surface area (TPSA) is 68.3 Å². The predicted molar refractivity (Wildman–Crippen MR) is 64.3 cm³/mol. The molecule has 0 fully saturated rings. The first-order chi connectivity index (χ1) is 6.59. The van der Waals surface area contributed by atoms with Crippen molar-refractivity contribution in [3.63, 3.8) is 0 Å². The molecule has 0 aromatic carbocycles. The van der Waals surface area contributed by atoms with Crippen LogP contribution in [0, 0.1) is 0 Å². The average molecular weight is 298 g/mol. The summed E-state index contributed by atoms with van der Waals surface area (Å²) in [5.41, 5.74) is 6.06. The highest BCUT2D eigenvalue weighted by Gasteiger charge is 2.08. The monoisotopic (exact) mass is 296 g/mol. The van der Waals surface area contributed by atoms with Gasteiger partial charge >= 0.3 is 0 Å². The maximum absolute atomic E-state index is 11.4. The molecule has 0 radical (unpaired) electrons. The van der Waals surface area contributed by atoms with Gasteiger partial charge in [-0.2, -0.15) is 0 Å². The lowest BCUT2D eigenvalue weighted by Crippen LogP contribution is -2.28. The zero-order valence-corrected chi connectivity index (χ0v) is 10.7. The molecule has 6 heteroatoms. The number of carbonyl (C=O) groups excluding carboxylic acids is 1. The number of carbonyl (C=O) groups is 1. The Bertz CT molecular complexity index is 315. The molecule has 1 aromatic heterocycles. The molecule has 1 rings (SSSR count). The van der Waals surface area contributed by atoms with Crippen molar-refractivity contribution >= 4 is 34.2 Å². The Morgan fingerprint density at radius 3 is 2.87 bits per heavy atom. The minimum Gasteiger partial charge on any atom is -0.457 e. The third-order valence-electron chi connectivity index (χ3n) is 1.71. The molecule has 0 aliphatic carbocycles. The molecule has 0 aliphatic heterocycles. The Hall–Kier alpha value is -0.520. The van der Waals surface area contributed by atoms with E-state index < -0.39 is 0 Å². The van der Waals surface area contributed by atoms with E-state index in [1.807, 2.05) is 6.92 Å². The van der Waals surface area contributed by atoms with Gasteiger partial charge in [-0.1, -0.05) is 0 Å². The minimum absolute atomic E-state index is 0. The third kappa shape index (κ3) is 5.20. The van der Waals surface area contributed by atoms with Crippen molar-refractivity contribution in [3.8, 4) is 0 Å². The third-order valence-corrected chi connectivity index (χ3v) is 2.13. The summed E-state index contributed by atoms with van der Waals surface area (Å²) < 4.78 is 5.49. The van der Waals surface area contributed by atoms with Crippen LogP contribution in [-0.2, 0) is 0 Å². The van der Waals surface area contributed by atoms with Crippen LogP contribution in [0.5, 0.6) is 0 Å². The van der Waals surface area contributed by atoms with Gasteiger partial charge in [0.25, 0.3) is 5.91 Å². The van der Waals surface area contributed by atoms with E-state index in [0.717, 1.165) is 6.42 Å². The Kier molecular flexibility index (Phi) is 6.63. The van der Waals surface area contributed by atoms with Gasteiger partial charge in [-0.05, 0) is 29.3 Å². The normalized spacial score (nSPS) is 11.7. The van der Waals surface area contributed by atoms with Gasteiger partial charge in [0, 0.05) is 18.7 Å². The Morgan fingerprint density at radius 2 is 2.40 bits per heavy atom. The van der Waals surface area contributed by atoms with Crippen LogP contribution in [0.1, 0.15) is 23.7 Å². The lowest BCUT2D eigenvalue weighted by atomic mass is 10.2. The average Bonchev–Trinajstić information content (AvgIpc) is 2.51. The molecular weight excluding hydrogens is 283 g/mol. The second kappa shape index (κ2) is 6.87. The maximum Gasteiger partial charge on any atom is 0.254 e. The van der Waals surface area contributed by atoms with E-state index in [0.29, 0.717) is 16.8 Å². The molecule has 1 heterocycles. The maximum atomic E-state index is 11.4. The molecule has 0 spiro atoms. The van der Waals surface area contributed by atoms with Gasteiger partial charge in [-0.15, -0.1) is 12.4 Å². The van der Waals surface area contributed by atoms with Gasteiger partial charge in [0.1, 0.15) is 6.26 Å². The highest BCUT2D eigenvalue weighted by Crippen LogP contribution is 2.13. The number of rotatable bonds is 4. The number of furan rings is 1. The molecule has 0 bridgehead atoms. The largest absolute Gasteiger partial charge is 0.457 e. The second-order valence-corrected chi connectivity index (χ2v) is 3.94. The second-order valence-electron chi connectivity index (χ2n) is 3.16. The van der Waals surface area contributed by atoms with Gasteiger partial charge in [0.2, 0.25) is 0 Å². The fourth-order valence-electron chi connectivity index (χ4n) is 0.945.